The fraction of sp³-hybridized carbons (Fsp3) is 0.133. The second kappa shape index (κ2) is 4.84. The molecule has 3 N–H and O–H groups in total. The van der Waals surface area contributed by atoms with Gasteiger partial charge in [-0.25, -0.2) is 4.79 Å². The number of rotatable bonds is 1. The smallest absolute Gasteiger partial charge is 0.345 e. The second-order valence-electron chi connectivity index (χ2n) is 4.11. The van der Waals surface area contributed by atoms with E-state index in [0.717, 1.165) is 18.2 Å². The highest BCUT2D eigenvalue weighted by atomic mass is 16.4. The Kier molecular flexibility index (Phi) is 3.38. The molecule has 0 saturated carbocycles. The van der Waals surface area contributed by atoms with Gasteiger partial charge >= 0.3 is 5.97 Å². The average Bonchev–Trinajstić information content (AvgIpc) is 2.74. The molecule has 0 radical (unpaired) electrons. The Labute approximate surface area is 110 Å². The third-order valence-corrected chi connectivity index (χ3v) is 3.23. The summed E-state index contributed by atoms with van der Waals surface area (Å²) in [6, 6.07) is 14.1. The normalized spacial score (nSPS) is 13.8. The van der Waals surface area contributed by atoms with Gasteiger partial charge in [0.1, 0.15) is 0 Å². The Morgan fingerprint density at radius 2 is 1.26 bits per heavy atom. The summed E-state index contributed by atoms with van der Waals surface area (Å²) in [5.74, 6) is -1.24. The fourth-order valence-corrected chi connectivity index (χ4v) is 2.44. The fourth-order valence-electron chi connectivity index (χ4n) is 2.44. The van der Waals surface area contributed by atoms with Crippen LogP contribution >= 0.6 is 0 Å². The minimum Gasteiger partial charge on any atom is -0.479 e. The van der Waals surface area contributed by atoms with Gasteiger partial charge in [0.15, 0.2) is 0 Å². The molecule has 4 nitrogen and oxygen atoms in total. The number of aliphatic carboxylic acids is 1. The summed E-state index contributed by atoms with van der Waals surface area (Å²) in [4.78, 5) is 11.4. The first kappa shape index (κ1) is 13.3. The maximum absolute atomic E-state index is 11.4. The Bertz CT molecular complexity index is 574. The molecule has 3 rings (SSSR count). The van der Waals surface area contributed by atoms with Crippen molar-refractivity contribution in [2.45, 2.75) is 5.60 Å². The SMILES string of the molecule is CO.O=C(O)C1(O)c2ccccc2-c2ccccc21. The largest absolute Gasteiger partial charge is 0.479 e. The Morgan fingerprint density at radius 1 is 0.895 bits per heavy atom. The van der Waals surface area contributed by atoms with Gasteiger partial charge in [-0.15, -0.1) is 0 Å². The number of carboxylic acids is 1. The quantitative estimate of drug-likeness (QED) is 0.726. The van der Waals surface area contributed by atoms with Crippen molar-refractivity contribution < 1.29 is 20.1 Å². The van der Waals surface area contributed by atoms with Crippen LogP contribution in [0.5, 0.6) is 0 Å². The molecular formula is C15H14O4. The third-order valence-electron chi connectivity index (χ3n) is 3.23. The van der Waals surface area contributed by atoms with Crippen LogP contribution < -0.4 is 0 Å². The van der Waals surface area contributed by atoms with E-state index in [1.54, 1.807) is 24.3 Å². The lowest BCUT2D eigenvalue weighted by Gasteiger charge is -2.19. The summed E-state index contributed by atoms with van der Waals surface area (Å²) in [6.45, 7) is 0. The number of carbonyl (C=O) groups is 1. The molecule has 0 heterocycles. The van der Waals surface area contributed by atoms with E-state index in [2.05, 4.69) is 0 Å². The standard InChI is InChI=1S/C14H10O3.CH4O/c15-13(16)14(17)11-7-3-1-5-9(11)10-6-2-4-8-12(10)14;1-2/h1-8,17H,(H,15,16);2H,1H3. The molecule has 1 aliphatic rings. The summed E-state index contributed by atoms with van der Waals surface area (Å²) in [7, 11) is 1.00. The summed E-state index contributed by atoms with van der Waals surface area (Å²) >= 11 is 0. The maximum Gasteiger partial charge on any atom is 0.345 e. The molecule has 2 aromatic carbocycles. The third kappa shape index (κ3) is 1.73. The number of aliphatic hydroxyl groups is 2. The van der Waals surface area contributed by atoms with Gasteiger partial charge in [-0.1, -0.05) is 48.5 Å². The lowest BCUT2D eigenvalue weighted by molar-refractivity contribution is -0.154. The molecule has 1 aliphatic carbocycles. The van der Waals surface area contributed by atoms with Crippen LogP contribution in [0.4, 0.5) is 0 Å². The van der Waals surface area contributed by atoms with Crippen LogP contribution in [0.2, 0.25) is 0 Å². The van der Waals surface area contributed by atoms with Crippen molar-refractivity contribution in [1.82, 2.24) is 0 Å². The van der Waals surface area contributed by atoms with E-state index >= 15 is 0 Å². The minimum absolute atomic E-state index is 0.439. The monoisotopic (exact) mass is 258 g/mol. The number of fused-ring (bicyclic) bond motifs is 3. The highest BCUT2D eigenvalue weighted by Gasteiger charge is 2.47. The van der Waals surface area contributed by atoms with Crippen LogP contribution in [-0.2, 0) is 10.4 Å². The second-order valence-corrected chi connectivity index (χ2v) is 4.11. The zero-order valence-corrected chi connectivity index (χ0v) is 10.4. The van der Waals surface area contributed by atoms with Crippen LogP contribution in [0.15, 0.2) is 48.5 Å². The predicted molar refractivity (Wildman–Crippen MR) is 70.7 cm³/mol. The molecule has 0 amide bonds. The van der Waals surface area contributed by atoms with Crippen molar-refractivity contribution >= 4 is 5.97 Å². The van der Waals surface area contributed by atoms with Gasteiger partial charge in [-0.2, -0.15) is 0 Å². The topological polar surface area (TPSA) is 77.8 Å². The Morgan fingerprint density at radius 3 is 1.63 bits per heavy atom. The van der Waals surface area contributed by atoms with Crippen LogP contribution in [0.3, 0.4) is 0 Å². The highest BCUT2D eigenvalue weighted by Crippen LogP contribution is 2.47. The van der Waals surface area contributed by atoms with E-state index in [1.165, 1.54) is 0 Å². The van der Waals surface area contributed by atoms with Crippen molar-refractivity contribution in [2.24, 2.45) is 0 Å². The van der Waals surface area contributed by atoms with Crippen molar-refractivity contribution in [2.75, 3.05) is 7.11 Å². The van der Waals surface area contributed by atoms with E-state index in [-0.39, 0.29) is 0 Å². The van der Waals surface area contributed by atoms with Crippen LogP contribution in [0.25, 0.3) is 11.1 Å². The zero-order chi connectivity index (χ0) is 14.0. The molecule has 0 spiro atoms. The molecule has 2 aromatic rings. The number of aliphatic hydroxyl groups excluding tert-OH is 1. The molecule has 0 aromatic heterocycles. The van der Waals surface area contributed by atoms with Gasteiger partial charge < -0.3 is 15.3 Å². The van der Waals surface area contributed by atoms with Crippen molar-refractivity contribution in [1.29, 1.82) is 0 Å². The first-order chi connectivity index (χ1) is 9.15. The Hall–Kier alpha value is -2.17. The molecule has 0 aliphatic heterocycles. The van der Waals surface area contributed by atoms with Crippen molar-refractivity contribution in [3.8, 4) is 11.1 Å². The van der Waals surface area contributed by atoms with Crippen LogP contribution in [0, 0.1) is 0 Å². The van der Waals surface area contributed by atoms with Gasteiger partial charge in [-0.3, -0.25) is 0 Å². The molecule has 19 heavy (non-hydrogen) atoms. The molecule has 0 bridgehead atoms. The van der Waals surface area contributed by atoms with Crippen LogP contribution in [0.1, 0.15) is 11.1 Å². The Balaban J connectivity index is 0.000000637. The predicted octanol–water partition coefficient (Wildman–Crippen LogP) is 1.60. The molecule has 0 saturated heterocycles. The minimum atomic E-state index is -1.92. The molecule has 98 valence electrons. The van der Waals surface area contributed by atoms with E-state index in [4.69, 9.17) is 5.11 Å². The lowest BCUT2D eigenvalue weighted by Crippen LogP contribution is -2.34. The summed E-state index contributed by atoms with van der Waals surface area (Å²) in [5.41, 5.74) is 0.524. The van der Waals surface area contributed by atoms with Gasteiger partial charge in [0, 0.05) is 18.2 Å². The first-order valence-corrected chi connectivity index (χ1v) is 5.75. The van der Waals surface area contributed by atoms with Gasteiger partial charge in [-0.05, 0) is 11.1 Å². The summed E-state index contributed by atoms with van der Waals surface area (Å²) < 4.78 is 0. The van der Waals surface area contributed by atoms with Crippen LogP contribution in [-0.4, -0.2) is 28.4 Å². The van der Waals surface area contributed by atoms with E-state index in [9.17, 15) is 15.0 Å². The van der Waals surface area contributed by atoms with Gasteiger partial charge in [0.25, 0.3) is 0 Å². The van der Waals surface area contributed by atoms with Gasteiger partial charge in [0.2, 0.25) is 5.60 Å². The molecule has 4 heteroatoms. The number of hydrogen-bond acceptors (Lipinski definition) is 3. The zero-order valence-electron chi connectivity index (χ0n) is 10.4. The first-order valence-electron chi connectivity index (χ1n) is 5.75. The van der Waals surface area contributed by atoms with Gasteiger partial charge in [0.05, 0.1) is 0 Å². The van der Waals surface area contributed by atoms with E-state index in [0.29, 0.717) is 11.1 Å². The molecule has 0 unspecified atom stereocenters. The maximum atomic E-state index is 11.4. The van der Waals surface area contributed by atoms with E-state index < -0.39 is 11.6 Å². The number of carboxylic acid groups (broad SMARTS) is 1. The molecule has 0 atom stereocenters. The summed E-state index contributed by atoms with van der Waals surface area (Å²) in [6.07, 6.45) is 0. The van der Waals surface area contributed by atoms with Crippen molar-refractivity contribution in [3.63, 3.8) is 0 Å². The number of hydrogen-bond donors (Lipinski definition) is 3. The molecular weight excluding hydrogens is 244 g/mol. The highest BCUT2D eigenvalue weighted by molar-refractivity contribution is 5.95. The summed E-state index contributed by atoms with van der Waals surface area (Å²) in [5, 5.41) is 26.8. The average molecular weight is 258 g/mol. The van der Waals surface area contributed by atoms with Crippen molar-refractivity contribution in [3.05, 3.63) is 59.7 Å². The molecule has 0 fully saturated rings. The lowest BCUT2D eigenvalue weighted by atomic mass is 9.92. The van der Waals surface area contributed by atoms with E-state index in [1.807, 2.05) is 24.3 Å². The number of benzene rings is 2.